The van der Waals surface area contributed by atoms with Gasteiger partial charge in [-0.05, 0) is 57.3 Å². The number of aromatic nitrogens is 2. The maximum absolute atomic E-state index is 13.4. The molecule has 2 aromatic rings. The third-order valence-corrected chi connectivity index (χ3v) is 7.27. The summed E-state index contributed by atoms with van der Waals surface area (Å²) < 4.78 is 35.2. The Morgan fingerprint density at radius 3 is 2.82 bits per heavy atom. The van der Waals surface area contributed by atoms with Crippen molar-refractivity contribution in [1.29, 1.82) is 0 Å². The minimum Gasteiger partial charge on any atom is -0.409 e. The number of amidine groups is 1. The monoisotopic (exact) mass is 474 g/mol. The number of rotatable bonds is 6. The number of nitrogens with zero attached hydrogens (tertiary/aromatic N) is 4. The summed E-state index contributed by atoms with van der Waals surface area (Å²) in [6.45, 7) is 0.730. The van der Waals surface area contributed by atoms with Gasteiger partial charge in [-0.1, -0.05) is 11.6 Å². The van der Waals surface area contributed by atoms with Crippen molar-refractivity contribution in [2.45, 2.75) is 19.3 Å². The summed E-state index contributed by atoms with van der Waals surface area (Å²) in [6.07, 6.45) is 3.02. The van der Waals surface area contributed by atoms with Gasteiger partial charge in [-0.3, -0.25) is 0 Å². The van der Waals surface area contributed by atoms with Gasteiger partial charge in [-0.2, -0.15) is 0 Å². The summed E-state index contributed by atoms with van der Waals surface area (Å²) in [5.74, 6) is 1.11. The third kappa shape index (κ3) is 5.19. The van der Waals surface area contributed by atoms with Crippen LogP contribution in [0, 0.1) is 5.82 Å². The van der Waals surface area contributed by atoms with E-state index in [0.717, 1.165) is 19.3 Å². The van der Waals surface area contributed by atoms with Crippen molar-refractivity contribution in [2.24, 2.45) is 9.52 Å². The molecule has 0 bridgehead atoms. The number of nitrogens with one attached hydrogen (secondary N) is 2. The van der Waals surface area contributed by atoms with Crippen LogP contribution in [0.4, 0.5) is 15.9 Å². The van der Waals surface area contributed by atoms with Gasteiger partial charge in [0.1, 0.15) is 5.82 Å². The zero-order valence-electron chi connectivity index (χ0n) is 14.9. The molecule has 152 valence electrons. The molecular weight excluding hydrogens is 455 g/mol. The van der Waals surface area contributed by atoms with E-state index >= 15 is 0 Å². The Balaban J connectivity index is 1.64. The molecule has 1 fully saturated rings. The summed E-state index contributed by atoms with van der Waals surface area (Å²) in [5.41, 5.74) is 0.615. The van der Waals surface area contributed by atoms with Crippen LogP contribution in [0.15, 0.2) is 36.8 Å². The fourth-order valence-electron chi connectivity index (χ4n) is 2.75. The molecule has 0 unspecified atom stereocenters. The molecule has 12 heteroatoms. The predicted octanol–water partition coefficient (Wildman–Crippen LogP) is 3.28. The average molecular weight is 475 g/mol. The Morgan fingerprint density at radius 1 is 1.32 bits per heavy atom. The highest BCUT2D eigenvalue weighted by atomic mass is 79.9. The van der Waals surface area contributed by atoms with Crippen molar-refractivity contribution in [3.05, 3.63) is 34.2 Å². The van der Waals surface area contributed by atoms with Gasteiger partial charge >= 0.3 is 0 Å². The molecule has 3 N–H and O–H groups in total. The average Bonchev–Trinajstić information content (AvgIpc) is 3.15. The minimum absolute atomic E-state index is 0.0302. The molecule has 3 rings (SSSR count). The van der Waals surface area contributed by atoms with Crippen molar-refractivity contribution in [3.8, 4) is 0 Å². The van der Waals surface area contributed by atoms with Crippen LogP contribution in [0.25, 0.3) is 0 Å². The van der Waals surface area contributed by atoms with E-state index in [4.69, 9.17) is 4.63 Å². The number of hydrogen-bond donors (Lipinski definition) is 3. The Kier molecular flexibility index (Phi) is 6.83. The second kappa shape index (κ2) is 9.32. The lowest BCUT2D eigenvalue weighted by Crippen LogP contribution is -2.19. The predicted molar refractivity (Wildman–Crippen MR) is 108 cm³/mol. The number of oxime groups is 1. The summed E-state index contributed by atoms with van der Waals surface area (Å²) in [4.78, 5) is 0. The van der Waals surface area contributed by atoms with Crippen molar-refractivity contribution in [2.75, 3.05) is 35.2 Å². The molecule has 1 aliphatic rings. The number of hydrogen-bond acceptors (Lipinski definition) is 8. The molecule has 28 heavy (non-hydrogen) atoms. The lowest BCUT2D eigenvalue weighted by atomic mass is 10.3. The minimum atomic E-state index is -2.10. The third-order valence-electron chi connectivity index (χ3n) is 4.15. The molecule has 0 atom stereocenters. The molecule has 1 aliphatic heterocycles. The summed E-state index contributed by atoms with van der Waals surface area (Å²) in [6, 6.07) is 4.22. The molecule has 2 heterocycles. The van der Waals surface area contributed by atoms with E-state index in [-0.39, 0.29) is 21.8 Å². The molecular formula is C16H20BrFN6O3S. The smallest absolute Gasteiger partial charge is 0.203 e. The van der Waals surface area contributed by atoms with E-state index in [1.165, 1.54) is 18.2 Å². The maximum Gasteiger partial charge on any atom is 0.203 e. The molecule has 1 aromatic heterocycles. The molecule has 0 aliphatic carbocycles. The van der Waals surface area contributed by atoms with E-state index < -0.39 is 15.5 Å². The van der Waals surface area contributed by atoms with Crippen LogP contribution in [0.3, 0.4) is 0 Å². The van der Waals surface area contributed by atoms with Crippen molar-refractivity contribution in [1.82, 2.24) is 10.3 Å². The number of anilines is 2. The fraction of sp³-hybridized carbons (Fsp3) is 0.438. The van der Waals surface area contributed by atoms with E-state index in [9.17, 15) is 13.8 Å². The summed E-state index contributed by atoms with van der Waals surface area (Å²) in [7, 11) is -2.10. The quantitative estimate of drug-likeness (QED) is 0.193. The van der Waals surface area contributed by atoms with Gasteiger partial charge in [0.15, 0.2) is 5.69 Å². The van der Waals surface area contributed by atoms with Gasteiger partial charge in [0.2, 0.25) is 11.7 Å². The largest absolute Gasteiger partial charge is 0.409 e. The Hall–Kier alpha value is -2.21. The molecule has 0 spiro atoms. The standard InChI is InChI=1S/C16H20BrFN6O3S/c17-12-10-11(4-5-13(12)18)21-16(22-25)14-15(24-27-23-14)19-6-7-20-28(26)8-2-1-3-9-28/h4-5,10,25H,1-3,6-9H2,(H,19,24)(H,21,22). The highest BCUT2D eigenvalue weighted by Crippen LogP contribution is 2.21. The van der Waals surface area contributed by atoms with Crippen molar-refractivity contribution >= 4 is 43.0 Å². The molecule has 1 saturated heterocycles. The normalized spacial score (nSPS) is 16.6. The van der Waals surface area contributed by atoms with Crippen LogP contribution in [0.5, 0.6) is 0 Å². The lowest BCUT2D eigenvalue weighted by molar-refractivity contribution is 0.305. The van der Waals surface area contributed by atoms with Gasteiger partial charge in [0.05, 0.1) is 11.0 Å². The van der Waals surface area contributed by atoms with Gasteiger partial charge < -0.3 is 15.8 Å². The van der Waals surface area contributed by atoms with E-state index in [1.54, 1.807) is 0 Å². The number of benzene rings is 1. The Morgan fingerprint density at radius 2 is 2.11 bits per heavy atom. The van der Waals surface area contributed by atoms with Crippen LogP contribution >= 0.6 is 15.9 Å². The van der Waals surface area contributed by atoms with Crippen molar-refractivity contribution < 1.29 is 18.4 Å². The van der Waals surface area contributed by atoms with Gasteiger partial charge in [0, 0.05) is 33.5 Å². The second-order valence-electron chi connectivity index (χ2n) is 6.18. The molecule has 0 radical (unpaired) electrons. The first-order valence-corrected chi connectivity index (χ1v) is 11.3. The van der Waals surface area contributed by atoms with Gasteiger partial charge in [0.25, 0.3) is 0 Å². The topological polar surface area (TPSA) is 125 Å². The molecule has 0 saturated carbocycles. The summed E-state index contributed by atoms with van der Waals surface area (Å²) >= 11 is 3.09. The van der Waals surface area contributed by atoms with Crippen LogP contribution in [-0.2, 0) is 9.73 Å². The van der Waals surface area contributed by atoms with Crippen LogP contribution in [0.2, 0.25) is 0 Å². The van der Waals surface area contributed by atoms with Gasteiger partial charge in [-0.25, -0.2) is 17.6 Å². The van der Waals surface area contributed by atoms with Crippen LogP contribution in [0.1, 0.15) is 25.0 Å². The highest BCUT2D eigenvalue weighted by Gasteiger charge is 2.18. The van der Waals surface area contributed by atoms with Crippen LogP contribution in [-0.4, -0.2) is 50.2 Å². The van der Waals surface area contributed by atoms with Crippen molar-refractivity contribution in [3.63, 3.8) is 0 Å². The highest BCUT2D eigenvalue weighted by molar-refractivity contribution is 9.10. The second-order valence-corrected chi connectivity index (χ2v) is 9.66. The SMILES string of the molecule is O=S1(=NCCNc2nonc2/C(=N/O)Nc2ccc(F)c(Br)c2)CCCCC1. The number of halogens is 2. The Labute approximate surface area is 170 Å². The van der Waals surface area contributed by atoms with E-state index in [2.05, 4.69) is 46.4 Å². The van der Waals surface area contributed by atoms with E-state index in [1.807, 2.05) is 0 Å². The zero-order valence-corrected chi connectivity index (χ0v) is 17.3. The first kappa shape index (κ1) is 20.5. The molecule has 9 nitrogen and oxygen atoms in total. The molecule has 0 amide bonds. The summed E-state index contributed by atoms with van der Waals surface area (Å²) in [5, 5.41) is 25.8. The fourth-order valence-corrected chi connectivity index (χ4v) is 5.33. The lowest BCUT2D eigenvalue weighted by Gasteiger charge is -2.15. The first-order chi connectivity index (χ1) is 13.5. The Bertz CT molecular complexity index is 961. The molecule has 1 aromatic carbocycles. The van der Waals surface area contributed by atoms with E-state index in [0.29, 0.717) is 30.3 Å². The van der Waals surface area contributed by atoms with Gasteiger partial charge in [-0.15, -0.1) is 0 Å². The first-order valence-electron chi connectivity index (χ1n) is 8.70. The maximum atomic E-state index is 13.4. The zero-order chi connectivity index (χ0) is 20.0. The van der Waals surface area contributed by atoms with Crippen LogP contribution < -0.4 is 10.6 Å².